The van der Waals surface area contributed by atoms with Crippen LogP contribution in [-0.2, 0) is 0 Å². The van der Waals surface area contributed by atoms with Crippen LogP contribution in [0.5, 0.6) is 0 Å². The number of rotatable bonds is 0. The first-order valence-electron chi connectivity index (χ1n) is 9.25. The molecule has 27 heavy (non-hydrogen) atoms. The van der Waals surface area contributed by atoms with E-state index < -0.39 is 0 Å². The molecule has 1 nitrogen and oxygen atoms in total. The van der Waals surface area contributed by atoms with Gasteiger partial charge in [0.1, 0.15) is 0 Å². The number of nitrogens with two attached hydrogens (primary N) is 1. The third-order valence-electron chi connectivity index (χ3n) is 5.71. The normalized spacial score (nSPS) is 11.9. The number of hydrogen-bond acceptors (Lipinski definition) is 1. The van der Waals surface area contributed by atoms with E-state index >= 15 is 0 Å². The zero-order valence-electron chi connectivity index (χ0n) is 14.7. The minimum Gasteiger partial charge on any atom is -0.399 e. The fraction of sp³-hybridized carbons (Fsp3) is 0. The van der Waals surface area contributed by atoms with Gasteiger partial charge in [-0.3, -0.25) is 0 Å². The van der Waals surface area contributed by atoms with Gasteiger partial charge in [0.2, 0.25) is 0 Å². The summed E-state index contributed by atoms with van der Waals surface area (Å²) in [7, 11) is 0. The van der Waals surface area contributed by atoms with Crippen LogP contribution in [0.4, 0.5) is 5.69 Å². The molecule has 6 aromatic rings. The van der Waals surface area contributed by atoms with Crippen LogP contribution in [0.3, 0.4) is 0 Å². The van der Waals surface area contributed by atoms with Gasteiger partial charge in [0, 0.05) is 5.69 Å². The van der Waals surface area contributed by atoms with Crippen molar-refractivity contribution in [1.82, 2.24) is 0 Å². The molecule has 0 atom stereocenters. The van der Waals surface area contributed by atoms with Gasteiger partial charge in [-0.05, 0) is 66.0 Å². The third kappa shape index (κ3) is 2.00. The zero-order chi connectivity index (χ0) is 18.0. The first-order chi connectivity index (χ1) is 13.3. The Morgan fingerprint density at radius 1 is 0.407 bits per heavy atom. The number of hydrogen-bond donors (Lipinski definition) is 1. The van der Waals surface area contributed by atoms with Crippen molar-refractivity contribution in [3.8, 4) is 0 Å². The molecule has 0 heterocycles. The molecular formula is C26H17N. The molecule has 0 saturated carbocycles. The zero-order valence-corrected chi connectivity index (χ0v) is 14.7. The first-order valence-corrected chi connectivity index (χ1v) is 9.25. The highest BCUT2D eigenvalue weighted by atomic mass is 14.5. The highest BCUT2D eigenvalue weighted by Crippen LogP contribution is 2.39. The molecule has 0 aliphatic heterocycles. The van der Waals surface area contributed by atoms with E-state index in [4.69, 9.17) is 5.73 Å². The second-order valence-corrected chi connectivity index (χ2v) is 7.26. The van der Waals surface area contributed by atoms with Crippen molar-refractivity contribution in [2.24, 2.45) is 0 Å². The molecule has 1 heteroatoms. The standard InChI is InChI=1S/C26H17N/c27-21-14-13-17-6-8-19-10-12-20-11-9-18-7-5-16-3-1-2-4-22(16)24(18)26(20)25(19)23(17)15-21/h1-15H,27H2. The highest BCUT2D eigenvalue weighted by Gasteiger charge is 2.11. The molecule has 126 valence electrons. The molecule has 0 aliphatic carbocycles. The van der Waals surface area contributed by atoms with Crippen LogP contribution in [0.25, 0.3) is 53.9 Å². The Hall–Kier alpha value is -3.58. The molecule has 0 aromatic heterocycles. The summed E-state index contributed by atoms with van der Waals surface area (Å²) in [5.41, 5.74) is 6.97. The summed E-state index contributed by atoms with van der Waals surface area (Å²) in [6.45, 7) is 0. The quantitative estimate of drug-likeness (QED) is 0.232. The Morgan fingerprint density at radius 2 is 0.889 bits per heavy atom. The molecule has 0 spiro atoms. The fourth-order valence-corrected chi connectivity index (χ4v) is 4.47. The summed E-state index contributed by atoms with van der Waals surface area (Å²) in [6.07, 6.45) is 0. The van der Waals surface area contributed by atoms with Crippen LogP contribution in [0.15, 0.2) is 91.0 Å². The summed E-state index contributed by atoms with van der Waals surface area (Å²) < 4.78 is 0. The van der Waals surface area contributed by atoms with Crippen LogP contribution >= 0.6 is 0 Å². The van der Waals surface area contributed by atoms with E-state index in [1.807, 2.05) is 6.07 Å². The van der Waals surface area contributed by atoms with E-state index in [-0.39, 0.29) is 0 Å². The van der Waals surface area contributed by atoms with Crippen molar-refractivity contribution in [3.63, 3.8) is 0 Å². The van der Waals surface area contributed by atoms with Gasteiger partial charge >= 0.3 is 0 Å². The van der Waals surface area contributed by atoms with E-state index in [0.29, 0.717) is 0 Å². The van der Waals surface area contributed by atoms with Gasteiger partial charge in [0.05, 0.1) is 0 Å². The molecule has 0 fully saturated rings. The highest BCUT2D eigenvalue weighted by molar-refractivity contribution is 6.32. The Labute approximate surface area is 156 Å². The summed E-state index contributed by atoms with van der Waals surface area (Å²) in [5.74, 6) is 0. The molecule has 6 rings (SSSR count). The lowest BCUT2D eigenvalue weighted by atomic mass is 9.90. The predicted molar refractivity (Wildman–Crippen MR) is 118 cm³/mol. The van der Waals surface area contributed by atoms with Gasteiger partial charge in [-0.25, -0.2) is 0 Å². The van der Waals surface area contributed by atoms with Gasteiger partial charge in [-0.15, -0.1) is 0 Å². The van der Waals surface area contributed by atoms with Crippen LogP contribution in [0.1, 0.15) is 0 Å². The Morgan fingerprint density at radius 3 is 1.59 bits per heavy atom. The minimum atomic E-state index is 0.803. The monoisotopic (exact) mass is 343 g/mol. The van der Waals surface area contributed by atoms with Crippen molar-refractivity contribution < 1.29 is 0 Å². The largest absolute Gasteiger partial charge is 0.399 e. The number of fused-ring (bicyclic) bond motifs is 9. The Kier molecular flexibility index (Phi) is 2.81. The lowest BCUT2D eigenvalue weighted by Crippen LogP contribution is -1.87. The van der Waals surface area contributed by atoms with E-state index in [1.165, 1.54) is 53.9 Å². The van der Waals surface area contributed by atoms with Crippen molar-refractivity contribution >= 4 is 59.5 Å². The van der Waals surface area contributed by atoms with E-state index in [2.05, 4.69) is 84.9 Å². The maximum absolute atomic E-state index is 6.16. The minimum absolute atomic E-state index is 0.803. The lowest BCUT2D eigenvalue weighted by molar-refractivity contribution is 1.75. The molecule has 0 bridgehead atoms. The molecule has 0 amide bonds. The van der Waals surface area contributed by atoms with Gasteiger partial charge in [0.15, 0.2) is 0 Å². The Bertz CT molecular complexity index is 1510. The molecular weight excluding hydrogens is 326 g/mol. The van der Waals surface area contributed by atoms with E-state index in [9.17, 15) is 0 Å². The van der Waals surface area contributed by atoms with Gasteiger partial charge in [-0.1, -0.05) is 78.9 Å². The molecule has 0 saturated heterocycles. The molecule has 6 aromatic carbocycles. The summed E-state index contributed by atoms with van der Waals surface area (Å²) >= 11 is 0. The van der Waals surface area contributed by atoms with Crippen LogP contribution in [-0.4, -0.2) is 0 Å². The first kappa shape index (κ1) is 14.6. The predicted octanol–water partition coefficient (Wildman–Crippen LogP) is 7.03. The van der Waals surface area contributed by atoms with Crippen LogP contribution in [0.2, 0.25) is 0 Å². The number of nitrogen functional groups attached to an aromatic ring is 1. The summed E-state index contributed by atoms with van der Waals surface area (Å²) in [5, 5.41) is 12.7. The number of benzene rings is 6. The third-order valence-corrected chi connectivity index (χ3v) is 5.71. The Balaban J connectivity index is 2.02. The average Bonchev–Trinajstić information content (AvgIpc) is 2.72. The lowest BCUT2D eigenvalue weighted by Gasteiger charge is -2.13. The maximum Gasteiger partial charge on any atom is 0.0320 e. The molecule has 0 aliphatic rings. The van der Waals surface area contributed by atoms with Gasteiger partial charge in [0.25, 0.3) is 0 Å². The van der Waals surface area contributed by atoms with Crippen LogP contribution in [0, 0.1) is 0 Å². The second kappa shape index (κ2) is 5.21. The maximum atomic E-state index is 6.16. The second-order valence-electron chi connectivity index (χ2n) is 7.26. The summed E-state index contributed by atoms with van der Waals surface area (Å²) in [4.78, 5) is 0. The average molecular weight is 343 g/mol. The SMILES string of the molecule is Nc1ccc2ccc3ccc4ccc5ccc6ccccc6c5c4c3c2c1. The molecule has 0 radical (unpaired) electrons. The molecule has 0 unspecified atom stereocenters. The van der Waals surface area contributed by atoms with Gasteiger partial charge in [-0.2, -0.15) is 0 Å². The van der Waals surface area contributed by atoms with Crippen molar-refractivity contribution in [2.75, 3.05) is 5.73 Å². The topological polar surface area (TPSA) is 26.0 Å². The van der Waals surface area contributed by atoms with Crippen molar-refractivity contribution in [1.29, 1.82) is 0 Å². The fourth-order valence-electron chi connectivity index (χ4n) is 4.47. The van der Waals surface area contributed by atoms with E-state index in [0.717, 1.165) is 5.69 Å². The molecule has 2 N–H and O–H groups in total. The van der Waals surface area contributed by atoms with Gasteiger partial charge < -0.3 is 5.73 Å². The van der Waals surface area contributed by atoms with Crippen molar-refractivity contribution in [3.05, 3.63) is 91.0 Å². The summed E-state index contributed by atoms with van der Waals surface area (Å²) in [6, 6.07) is 32.6. The van der Waals surface area contributed by atoms with Crippen LogP contribution < -0.4 is 5.73 Å². The van der Waals surface area contributed by atoms with E-state index in [1.54, 1.807) is 0 Å². The van der Waals surface area contributed by atoms with Crippen molar-refractivity contribution in [2.45, 2.75) is 0 Å². The number of anilines is 1. The smallest absolute Gasteiger partial charge is 0.0320 e.